The normalized spacial score (nSPS) is 32.4. The van der Waals surface area contributed by atoms with E-state index in [9.17, 15) is 13.2 Å². The number of pyridine rings is 1. The number of halogens is 3. The van der Waals surface area contributed by atoms with Crippen LogP contribution in [0.15, 0.2) is 24.7 Å². The van der Waals surface area contributed by atoms with Crippen LogP contribution in [0, 0.1) is 12.3 Å². The minimum Gasteiger partial charge on any atom is -0.367 e. The Morgan fingerprint density at radius 3 is 2.57 bits per heavy atom. The number of alkyl halides is 3. The number of hydrogen-bond donors (Lipinski definition) is 0. The van der Waals surface area contributed by atoms with Gasteiger partial charge in [-0.3, -0.25) is 9.67 Å². The number of ether oxygens (including phenoxy) is 1. The first-order valence-electron chi connectivity index (χ1n) is 12.3. The number of rotatable bonds is 4. The Labute approximate surface area is 200 Å². The maximum absolute atomic E-state index is 13.6. The van der Waals surface area contributed by atoms with Gasteiger partial charge in [0.05, 0.1) is 47.2 Å². The maximum atomic E-state index is 13.6. The number of morpholine rings is 1. The fourth-order valence-corrected chi connectivity index (χ4v) is 6.35. The molecular formula is C25H27F3N6O. The molecule has 0 spiro atoms. The summed E-state index contributed by atoms with van der Waals surface area (Å²) < 4.78 is 49.0. The van der Waals surface area contributed by atoms with E-state index in [1.54, 1.807) is 6.20 Å². The molecule has 4 saturated carbocycles. The van der Waals surface area contributed by atoms with Crippen molar-refractivity contribution >= 4 is 16.9 Å². The Hall–Kier alpha value is -2.75. The number of hydrogen-bond acceptors (Lipinski definition) is 6. The summed E-state index contributed by atoms with van der Waals surface area (Å²) in [5.41, 5.74) is 1.68. The molecule has 0 unspecified atom stereocenters. The van der Waals surface area contributed by atoms with Gasteiger partial charge in [-0.05, 0) is 46.0 Å². The number of aromatic nitrogens is 5. The fraction of sp³-hybridized carbons (Fsp3) is 0.600. The van der Waals surface area contributed by atoms with Gasteiger partial charge in [-0.2, -0.15) is 18.3 Å². The number of fused-ring (bicyclic) bond motifs is 1. The summed E-state index contributed by atoms with van der Waals surface area (Å²) in [4.78, 5) is 16.4. The summed E-state index contributed by atoms with van der Waals surface area (Å²) in [5, 5.41) is 4.52. The Bertz CT molecular complexity index is 1310. The van der Waals surface area contributed by atoms with Crippen LogP contribution in [0.2, 0.25) is 0 Å². The largest absolute Gasteiger partial charge is 0.394 e. The van der Waals surface area contributed by atoms with E-state index >= 15 is 0 Å². The zero-order valence-electron chi connectivity index (χ0n) is 19.7. The van der Waals surface area contributed by atoms with E-state index in [4.69, 9.17) is 9.72 Å². The van der Waals surface area contributed by atoms with Gasteiger partial charge < -0.3 is 9.64 Å². The molecule has 0 aromatic carbocycles. The molecule has 3 aromatic rings. The predicted molar refractivity (Wildman–Crippen MR) is 122 cm³/mol. The lowest BCUT2D eigenvalue weighted by Gasteiger charge is -2.70. The van der Waals surface area contributed by atoms with Crippen LogP contribution < -0.4 is 4.90 Å². The molecule has 5 fully saturated rings. The summed E-state index contributed by atoms with van der Waals surface area (Å²) in [6.45, 7) is 5.14. The molecule has 7 nitrogen and oxygen atoms in total. The fourth-order valence-electron chi connectivity index (χ4n) is 6.35. The lowest BCUT2D eigenvalue weighted by atomic mass is 9.34. The van der Waals surface area contributed by atoms with Gasteiger partial charge in [-0.15, -0.1) is 0 Å². The van der Waals surface area contributed by atoms with E-state index in [0.717, 1.165) is 29.9 Å². The van der Waals surface area contributed by atoms with Crippen molar-refractivity contribution in [3.05, 3.63) is 41.6 Å². The van der Waals surface area contributed by atoms with Gasteiger partial charge in [-0.25, -0.2) is 9.97 Å². The molecule has 5 aliphatic rings. The highest BCUT2D eigenvalue weighted by molar-refractivity contribution is 5.81. The smallest absolute Gasteiger partial charge is 0.367 e. The van der Waals surface area contributed by atoms with Crippen LogP contribution in [0.3, 0.4) is 0 Å². The quantitative estimate of drug-likeness (QED) is 0.529. The summed E-state index contributed by atoms with van der Waals surface area (Å²) in [7, 11) is 0. The highest BCUT2D eigenvalue weighted by Gasteiger charge is 2.79. The van der Waals surface area contributed by atoms with Crippen molar-refractivity contribution < 1.29 is 17.9 Å². The molecule has 4 aliphatic carbocycles. The lowest BCUT2D eigenvalue weighted by Crippen LogP contribution is -2.70. The third-order valence-electron chi connectivity index (χ3n) is 8.27. The number of anilines is 1. The molecule has 0 amide bonds. The van der Waals surface area contributed by atoms with Gasteiger partial charge in [0.25, 0.3) is 0 Å². The maximum Gasteiger partial charge on any atom is 0.394 e. The van der Waals surface area contributed by atoms with Gasteiger partial charge >= 0.3 is 6.18 Å². The van der Waals surface area contributed by atoms with Crippen molar-refractivity contribution in [2.75, 3.05) is 18.0 Å². The molecule has 2 atom stereocenters. The third kappa shape index (κ3) is 3.21. The summed E-state index contributed by atoms with van der Waals surface area (Å²) in [5.74, 6) is 0.730. The second-order valence-corrected chi connectivity index (χ2v) is 11.1. The van der Waals surface area contributed by atoms with Crippen LogP contribution in [-0.4, -0.2) is 50.1 Å². The van der Waals surface area contributed by atoms with E-state index in [0.29, 0.717) is 35.9 Å². The van der Waals surface area contributed by atoms with Crippen molar-refractivity contribution in [1.29, 1.82) is 0 Å². The number of nitrogens with zero attached hydrogens (tertiary/aromatic N) is 6. The van der Waals surface area contributed by atoms with Gasteiger partial charge in [0.15, 0.2) is 0 Å². The Morgan fingerprint density at radius 2 is 1.86 bits per heavy atom. The SMILES string of the molecule is Cc1cnc2c(C34CC(C(F)(F)F)(C3)C4)nc(N3C[C@@H](C)O[C@@H](c4cnn(C5CC5)c4)C3)cc2n1. The molecule has 184 valence electrons. The Morgan fingerprint density at radius 1 is 1.09 bits per heavy atom. The first kappa shape index (κ1) is 21.5. The van der Waals surface area contributed by atoms with Gasteiger partial charge in [0.2, 0.25) is 0 Å². The highest BCUT2D eigenvalue weighted by atomic mass is 19.4. The molecule has 8 rings (SSSR count). The van der Waals surface area contributed by atoms with Crippen LogP contribution in [0.5, 0.6) is 0 Å². The molecule has 1 aliphatic heterocycles. The average Bonchev–Trinajstić information content (AvgIpc) is 3.46. The van der Waals surface area contributed by atoms with Crippen molar-refractivity contribution in [3.8, 4) is 0 Å². The van der Waals surface area contributed by atoms with Crippen LogP contribution in [0.4, 0.5) is 19.0 Å². The minimum atomic E-state index is -4.16. The Kier molecular flexibility index (Phi) is 4.26. The summed E-state index contributed by atoms with van der Waals surface area (Å²) in [6.07, 6.45) is 3.87. The van der Waals surface area contributed by atoms with Crippen LogP contribution in [-0.2, 0) is 10.2 Å². The molecule has 4 heterocycles. The number of aryl methyl sites for hydroxylation is 1. The summed E-state index contributed by atoms with van der Waals surface area (Å²) >= 11 is 0. The molecule has 2 bridgehead atoms. The summed E-state index contributed by atoms with van der Waals surface area (Å²) in [6, 6.07) is 2.42. The van der Waals surface area contributed by atoms with Gasteiger partial charge in [0, 0.05) is 36.0 Å². The van der Waals surface area contributed by atoms with Crippen molar-refractivity contribution in [2.45, 2.75) is 75.8 Å². The van der Waals surface area contributed by atoms with E-state index in [2.05, 4.69) is 26.2 Å². The first-order valence-corrected chi connectivity index (χ1v) is 12.3. The van der Waals surface area contributed by atoms with E-state index in [1.165, 1.54) is 0 Å². The second-order valence-electron chi connectivity index (χ2n) is 11.1. The third-order valence-corrected chi connectivity index (χ3v) is 8.27. The average molecular weight is 485 g/mol. The lowest BCUT2D eigenvalue weighted by molar-refractivity contribution is -0.337. The van der Waals surface area contributed by atoms with Crippen molar-refractivity contribution in [1.82, 2.24) is 24.7 Å². The molecule has 10 heteroatoms. The molecule has 1 saturated heterocycles. The molecule has 35 heavy (non-hydrogen) atoms. The van der Waals surface area contributed by atoms with E-state index in [-0.39, 0.29) is 31.5 Å². The van der Waals surface area contributed by atoms with Crippen LogP contribution in [0.1, 0.15) is 68.1 Å². The highest BCUT2D eigenvalue weighted by Crippen LogP contribution is 2.78. The molecule has 0 N–H and O–H groups in total. The second kappa shape index (κ2) is 6.93. The zero-order chi connectivity index (χ0) is 24.2. The van der Waals surface area contributed by atoms with Crippen LogP contribution in [0.25, 0.3) is 11.0 Å². The van der Waals surface area contributed by atoms with E-state index < -0.39 is 17.0 Å². The minimum absolute atomic E-state index is 0.0361. The monoisotopic (exact) mass is 484 g/mol. The predicted octanol–water partition coefficient (Wildman–Crippen LogP) is 4.82. The van der Waals surface area contributed by atoms with Crippen molar-refractivity contribution in [2.24, 2.45) is 5.41 Å². The first-order chi connectivity index (χ1) is 16.6. The topological polar surface area (TPSA) is 69.0 Å². The van der Waals surface area contributed by atoms with Crippen molar-refractivity contribution in [3.63, 3.8) is 0 Å². The van der Waals surface area contributed by atoms with Crippen LogP contribution >= 0.6 is 0 Å². The Balaban J connectivity index is 1.24. The molecule has 0 radical (unpaired) electrons. The zero-order valence-corrected chi connectivity index (χ0v) is 19.7. The van der Waals surface area contributed by atoms with Gasteiger partial charge in [-0.1, -0.05) is 0 Å². The molecule has 3 aromatic heterocycles. The van der Waals surface area contributed by atoms with Gasteiger partial charge in [0.1, 0.15) is 17.4 Å². The molecular weight excluding hydrogens is 457 g/mol. The van der Waals surface area contributed by atoms with E-state index in [1.807, 2.05) is 30.8 Å². The standard InChI is InChI=1S/C25H27F3N6O/c1-14-6-29-21-18(31-14)5-20(32-22(21)23-11-24(12-23,13-23)25(26,27)28)33-8-15(2)35-19(10-33)16-7-30-34(9-16)17-3-4-17/h5-7,9,15,17,19H,3-4,8,10-13H2,1-2H3/t15-,19-,23?,24?/m1/s1.